The van der Waals surface area contributed by atoms with Crippen LogP contribution in [0.3, 0.4) is 0 Å². The number of amides is 1. The van der Waals surface area contributed by atoms with Gasteiger partial charge in [-0.3, -0.25) is 9.59 Å². The molecule has 0 N–H and O–H groups in total. The molecule has 49 heavy (non-hydrogen) atoms. The molecule has 0 fully saturated rings. The second-order valence-electron chi connectivity index (χ2n) is 10.9. The molecule has 0 unspecified atom stereocenters. The second-order valence-corrected chi connectivity index (χ2v) is 10.9. The molecule has 0 aliphatic rings. The number of nitrogens with zero attached hydrogens (tertiary/aromatic N) is 7. The van der Waals surface area contributed by atoms with Crippen molar-refractivity contribution in [3.63, 3.8) is 0 Å². The van der Waals surface area contributed by atoms with Crippen molar-refractivity contribution < 1.29 is 57.0 Å². The molecule has 0 bridgehead atoms. The highest BCUT2D eigenvalue weighted by atomic mass is 16.6. The van der Waals surface area contributed by atoms with Crippen LogP contribution in [0.4, 0.5) is 0 Å². The van der Waals surface area contributed by atoms with E-state index >= 15 is 0 Å². The zero-order valence-electron chi connectivity index (χ0n) is 29.5. The Kier molecular flexibility index (Phi) is 33.0. The molecule has 0 heterocycles. The van der Waals surface area contributed by atoms with E-state index in [-0.39, 0.29) is 51.0 Å². The van der Waals surface area contributed by atoms with Gasteiger partial charge in [0.1, 0.15) is 5.60 Å². The summed E-state index contributed by atoms with van der Waals surface area (Å²) in [5.74, 6) is -0.390. The van der Waals surface area contributed by atoms with Crippen LogP contribution in [-0.2, 0) is 57.0 Å². The Morgan fingerprint density at radius 1 is 0.510 bits per heavy atom. The van der Waals surface area contributed by atoms with E-state index in [2.05, 4.69) is 20.1 Å². The maximum absolute atomic E-state index is 12.9. The standard InChI is InChI=1S/C30H57N7O12/c1-30(2,3)49-29(39)5-11-41-17-23-46-22-16-40-10-4-28(38)37(8-14-44-20-26-47-24-18-42-12-6-33-35-31)9-15-45-21-27-48-25-19-43-13-7-34-36-32/h4-27H2,1-3H3. The fraction of sp³-hybridized carbons (Fsp3) is 0.933. The highest BCUT2D eigenvalue weighted by molar-refractivity contribution is 5.76. The summed E-state index contributed by atoms with van der Waals surface area (Å²) < 4.78 is 54.3. The Labute approximate surface area is 289 Å². The van der Waals surface area contributed by atoms with E-state index in [9.17, 15) is 9.59 Å². The molecule has 284 valence electrons. The van der Waals surface area contributed by atoms with Crippen molar-refractivity contribution in [1.29, 1.82) is 0 Å². The first-order chi connectivity index (χ1) is 23.8. The van der Waals surface area contributed by atoms with Gasteiger partial charge in [0, 0.05) is 36.0 Å². The molecule has 0 saturated heterocycles. The number of hydrogen-bond acceptors (Lipinski definition) is 14. The van der Waals surface area contributed by atoms with Gasteiger partial charge in [-0.2, -0.15) is 0 Å². The third kappa shape index (κ3) is 36.3. The smallest absolute Gasteiger partial charge is 0.308 e. The molecule has 0 spiro atoms. The largest absolute Gasteiger partial charge is 0.460 e. The number of carbonyl (C=O) groups is 2. The summed E-state index contributed by atoms with van der Waals surface area (Å²) in [6.45, 7) is 13.1. The van der Waals surface area contributed by atoms with Crippen molar-refractivity contribution in [3.8, 4) is 0 Å². The minimum atomic E-state index is -0.513. The first-order valence-corrected chi connectivity index (χ1v) is 16.5. The van der Waals surface area contributed by atoms with Gasteiger partial charge in [0.25, 0.3) is 0 Å². The lowest BCUT2D eigenvalue weighted by Gasteiger charge is -2.23. The van der Waals surface area contributed by atoms with Crippen LogP contribution >= 0.6 is 0 Å². The van der Waals surface area contributed by atoms with E-state index in [4.69, 9.17) is 58.4 Å². The minimum Gasteiger partial charge on any atom is -0.460 e. The third-order valence-electron chi connectivity index (χ3n) is 5.72. The maximum Gasteiger partial charge on any atom is 0.308 e. The minimum absolute atomic E-state index is 0.0882. The van der Waals surface area contributed by atoms with Gasteiger partial charge in [-0.25, -0.2) is 0 Å². The van der Waals surface area contributed by atoms with Crippen LogP contribution < -0.4 is 0 Å². The second kappa shape index (κ2) is 35.0. The zero-order valence-corrected chi connectivity index (χ0v) is 29.5. The quantitative estimate of drug-likeness (QED) is 0.0301. The fourth-order valence-corrected chi connectivity index (χ4v) is 3.50. The van der Waals surface area contributed by atoms with Crippen molar-refractivity contribution in [2.45, 2.75) is 39.2 Å². The first kappa shape index (κ1) is 46.2. The van der Waals surface area contributed by atoms with E-state index < -0.39 is 5.60 Å². The molecule has 0 aliphatic heterocycles. The normalized spacial score (nSPS) is 11.2. The molecule has 0 atom stereocenters. The molecule has 0 rings (SSSR count). The topological polar surface area (TPSA) is 227 Å². The highest BCUT2D eigenvalue weighted by Gasteiger charge is 2.16. The summed E-state index contributed by atoms with van der Waals surface area (Å²) in [7, 11) is 0. The number of rotatable bonds is 36. The molecule has 1 amide bonds. The van der Waals surface area contributed by atoms with Gasteiger partial charge >= 0.3 is 5.97 Å². The van der Waals surface area contributed by atoms with Gasteiger partial charge in [0.2, 0.25) is 5.91 Å². The molecule has 0 aromatic carbocycles. The van der Waals surface area contributed by atoms with E-state index in [0.717, 1.165) is 0 Å². The van der Waals surface area contributed by atoms with Gasteiger partial charge in [-0.1, -0.05) is 10.2 Å². The molecule has 0 radical (unpaired) electrons. The van der Waals surface area contributed by atoms with Gasteiger partial charge < -0.3 is 52.3 Å². The molecular formula is C30H57N7O12. The van der Waals surface area contributed by atoms with Gasteiger partial charge in [0.15, 0.2) is 0 Å². The lowest BCUT2D eigenvalue weighted by molar-refractivity contribution is -0.156. The van der Waals surface area contributed by atoms with Crippen LogP contribution in [-0.4, -0.2) is 167 Å². The van der Waals surface area contributed by atoms with Crippen LogP contribution in [0.5, 0.6) is 0 Å². The Balaban J connectivity index is 4.15. The zero-order chi connectivity index (χ0) is 36.1. The lowest BCUT2D eigenvalue weighted by atomic mass is 10.2. The fourth-order valence-electron chi connectivity index (χ4n) is 3.50. The molecule has 0 aliphatic carbocycles. The van der Waals surface area contributed by atoms with Crippen molar-refractivity contribution in [1.82, 2.24) is 4.90 Å². The molecular weight excluding hydrogens is 650 g/mol. The number of azide groups is 2. The summed E-state index contributed by atoms with van der Waals surface area (Å²) in [4.78, 5) is 31.5. The molecule has 0 aromatic heterocycles. The summed E-state index contributed by atoms with van der Waals surface area (Å²) >= 11 is 0. The van der Waals surface area contributed by atoms with Crippen molar-refractivity contribution in [3.05, 3.63) is 20.9 Å². The average Bonchev–Trinajstić information content (AvgIpc) is 3.06. The van der Waals surface area contributed by atoms with Crippen LogP contribution in [0, 0.1) is 0 Å². The Hall–Kier alpha value is -2.80. The number of carbonyl (C=O) groups excluding carboxylic acids is 2. The Morgan fingerprint density at radius 2 is 0.837 bits per heavy atom. The maximum atomic E-state index is 12.9. The number of esters is 1. The first-order valence-electron chi connectivity index (χ1n) is 16.5. The molecule has 0 saturated carbocycles. The summed E-state index contributed by atoms with van der Waals surface area (Å²) in [6, 6.07) is 0. The predicted molar refractivity (Wildman–Crippen MR) is 177 cm³/mol. The molecule has 19 nitrogen and oxygen atoms in total. The van der Waals surface area contributed by atoms with E-state index in [1.54, 1.807) is 4.90 Å². The van der Waals surface area contributed by atoms with Crippen molar-refractivity contribution in [2.75, 3.05) is 145 Å². The molecule has 19 heteroatoms. The van der Waals surface area contributed by atoms with Gasteiger partial charge in [-0.05, 0) is 31.8 Å². The van der Waals surface area contributed by atoms with Crippen molar-refractivity contribution >= 4 is 11.9 Å². The lowest BCUT2D eigenvalue weighted by Crippen LogP contribution is -2.37. The Morgan fingerprint density at radius 3 is 1.20 bits per heavy atom. The van der Waals surface area contributed by atoms with E-state index in [1.807, 2.05) is 20.8 Å². The number of ether oxygens (including phenoxy) is 10. The van der Waals surface area contributed by atoms with Crippen LogP contribution in [0.25, 0.3) is 20.9 Å². The summed E-state index contributed by atoms with van der Waals surface area (Å²) in [5.41, 5.74) is 15.9. The van der Waals surface area contributed by atoms with Gasteiger partial charge in [0.05, 0.1) is 132 Å². The van der Waals surface area contributed by atoms with E-state index in [1.165, 1.54) is 0 Å². The third-order valence-corrected chi connectivity index (χ3v) is 5.72. The monoisotopic (exact) mass is 707 g/mol. The van der Waals surface area contributed by atoms with Gasteiger partial charge in [-0.15, -0.1) is 0 Å². The van der Waals surface area contributed by atoms with Crippen LogP contribution in [0.1, 0.15) is 33.6 Å². The van der Waals surface area contributed by atoms with Crippen molar-refractivity contribution in [2.24, 2.45) is 10.2 Å². The SMILES string of the molecule is CC(C)(C)OC(=O)CCOCCOCCOCCC(=O)N(CCOCCOCCOCCN=[N+]=[N-])CCOCCOCCOCCN=[N+]=[N-]. The Bertz CT molecular complexity index is 861. The number of hydrogen-bond donors (Lipinski definition) is 0. The van der Waals surface area contributed by atoms with Crippen LogP contribution in [0.15, 0.2) is 10.2 Å². The summed E-state index contributed by atoms with van der Waals surface area (Å²) in [6.07, 6.45) is 0.379. The van der Waals surface area contributed by atoms with Crippen LogP contribution in [0.2, 0.25) is 0 Å². The van der Waals surface area contributed by atoms with E-state index in [0.29, 0.717) is 119 Å². The average molecular weight is 708 g/mol. The summed E-state index contributed by atoms with van der Waals surface area (Å²) in [5, 5.41) is 6.76. The highest BCUT2D eigenvalue weighted by Crippen LogP contribution is 2.08. The predicted octanol–water partition coefficient (Wildman–Crippen LogP) is 2.71. The molecule has 0 aromatic rings.